The van der Waals surface area contributed by atoms with Crippen LogP contribution in [-0.2, 0) is 11.3 Å². The highest BCUT2D eigenvalue weighted by Gasteiger charge is 2.08. The van der Waals surface area contributed by atoms with Crippen molar-refractivity contribution in [1.82, 2.24) is 4.98 Å². The third-order valence-electron chi connectivity index (χ3n) is 2.82. The van der Waals surface area contributed by atoms with Gasteiger partial charge in [-0.2, -0.15) is 5.26 Å². The van der Waals surface area contributed by atoms with E-state index in [-0.39, 0.29) is 17.8 Å². The first-order valence-electron chi connectivity index (χ1n) is 6.11. The Balaban J connectivity index is 2.10. The van der Waals surface area contributed by atoms with E-state index in [0.717, 1.165) is 0 Å². The number of hydrogen-bond acceptors (Lipinski definition) is 5. The van der Waals surface area contributed by atoms with Crippen molar-refractivity contribution in [2.45, 2.75) is 6.54 Å². The molecule has 1 N–H and O–H groups in total. The molecule has 0 fully saturated rings. The van der Waals surface area contributed by atoms with Gasteiger partial charge in [-0.1, -0.05) is 6.07 Å². The predicted octanol–water partition coefficient (Wildman–Crippen LogP) is 2.49. The number of nitriles is 1. The smallest absolute Gasteiger partial charge is 0.356 e. The molecule has 1 heterocycles. The number of esters is 1. The molecule has 106 valence electrons. The first-order valence-corrected chi connectivity index (χ1v) is 6.11. The largest absolute Gasteiger partial charge is 0.464 e. The SMILES string of the molecule is COC(=O)c1cc(NCc2ccc(C#N)cc2F)ccn1. The minimum Gasteiger partial charge on any atom is -0.464 e. The molecule has 0 saturated carbocycles. The zero-order valence-corrected chi connectivity index (χ0v) is 11.3. The zero-order valence-electron chi connectivity index (χ0n) is 11.3. The summed E-state index contributed by atoms with van der Waals surface area (Å²) in [4.78, 5) is 15.2. The number of halogens is 1. The number of methoxy groups -OCH3 is 1. The molecule has 2 rings (SSSR count). The van der Waals surface area contributed by atoms with E-state index in [2.05, 4.69) is 15.0 Å². The summed E-state index contributed by atoms with van der Waals surface area (Å²) >= 11 is 0. The van der Waals surface area contributed by atoms with Crippen LogP contribution in [0.2, 0.25) is 0 Å². The van der Waals surface area contributed by atoms with Crippen LogP contribution in [0.4, 0.5) is 10.1 Å². The Bertz CT molecular complexity index is 710. The van der Waals surface area contributed by atoms with Gasteiger partial charge in [0, 0.05) is 24.0 Å². The van der Waals surface area contributed by atoms with Gasteiger partial charge in [-0.15, -0.1) is 0 Å². The predicted molar refractivity (Wildman–Crippen MR) is 74.0 cm³/mol. The second kappa shape index (κ2) is 6.48. The molecule has 21 heavy (non-hydrogen) atoms. The Morgan fingerprint density at radius 3 is 2.90 bits per heavy atom. The first-order chi connectivity index (χ1) is 10.1. The molecule has 1 aromatic carbocycles. The Morgan fingerprint density at radius 2 is 2.24 bits per heavy atom. The molecule has 0 atom stereocenters. The fourth-order valence-electron chi connectivity index (χ4n) is 1.71. The molecule has 0 spiro atoms. The van der Waals surface area contributed by atoms with Crippen molar-refractivity contribution in [1.29, 1.82) is 5.26 Å². The average molecular weight is 285 g/mol. The summed E-state index contributed by atoms with van der Waals surface area (Å²) < 4.78 is 18.3. The van der Waals surface area contributed by atoms with Crippen LogP contribution in [0.25, 0.3) is 0 Å². The van der Waals surface area contributed by atoms with Crippen LogP contribution in [0.1, 0.15) is 21.6 Å². The van der Waals surface area contributed by atoms with Gasteiger partial charge in [-0.05, 0) is 24.3 Å². The van der Waals surface area contributed by atoms with E-state index in [1.807, 2.05) is 6.07 Å². The van der Waals surface area contributed by atoms with Crippen LogP contribution in [-0.4, -0.2) is 18.1 Å². The minimum absolute atomic E-state index is 0.169. The molecular weight excluding hydrogens is 273 g/mol. The Labute approximate surface area is 121 Å². The molecule has 0 bridgehead atoms. The fourth-order valence-corrected chi connectivity index (χ4v) is 1.71. The highest BCUT2D eigenvalue weighted by molar-refractivity contribution is 5.88. The van der Waals surface area contributed by atoms with Crippen LogP contribution in [0.15, 0.2) is 36.5 Å². The maximum atomic E-state index is 13.7. The molecule has 2 aromatic rings. The summed E-state index contributed by atoms with van der Waals surface area (Å²) in [6, 6.07) is 9.33. The van der Waals surface area contributed by atoms with E-state index in [1.165, 1.54) is 25.4 Å². The van der Waals surface area contributed by atoms with E-state index in [4.69, 9.17) is 5.26 Å². The number of ether oxygens (including phenoxy) is 1. The lowest BCUT2D eigenvalue weighted by Gasteiger charge is -2.08. The number of anilines is 1. The maximum Gasteiger partial charge on any atom is 0.356 e. The quantitative estimate of drug-likeness (QED) is 0.873. The van der Waals surface area contributed by atoms with E-state index in [9.17, 15) is 9.18 Å². The lowest BCUT2D eigenvalue weighted by Crippen LogP contribution is -2.06. The van der Waals surface area contributed by atoms with Crippen molar-refractivity contribution in [2.75, 3.05) is 12.4 Å². The monoisotopic (exact) mass is 285 g/mol. The molecule has 1 aromatic heterocycles. The van der Waals surface area contributed by atoms with Gasteiger partial charge in [0.25, 0.3) is 0 Å². The lowest BCUT2D eigenvalue weighted by atomic mass is 10.1. The van der Waals surface area contributed by atoms with Gasteiger partial charge in [-0.3, -0.25) is 0 Å². The van der Waals surface area contributed by atoms with Gasteiger partial charge in [-0.25, -0.2) is 14.2 Å². The number of nitrogens with zero attached hydrogens (tertiary/aromatic N) is 2. The minimum atomic E-state index is -0.539. The van der Waals surface area contributed by atoms with Crippen LogP contribution in [0.3, 0.4) is 0 Å². The lowest BCUT2D eigenvalue weighted by molar-refractivity contribution is 0.0594. The Kier molecular flexibility index (Phi) is 4.46. The zero-order chi connectivity index (χ0) is 15.2. The molecular formula is C15H12FN3O2. The van der Waals surface area contributed by atoms with E-state index < -0.39 is 11.8 Å². The molecule has 0 radical (unpaired) electrons. The molecule has 0 amide bonds. The van der Waals surface area contributed by atoms with Crippen LogP contribution in [0.5, 0.6) is 0 Å². The number of nitrogens with one attached hydrogen (secondary N) is 1. The number of carbonyl (C=O) groups is 1. The highest BCUT2D eigenvalue weighted by atomic mass is 19.1. The summed E-state index contributed by atoms with van der Waals surface area (Å²) in [6.07, 6.45) is 1.46. The Morgan fingerprint density at radius 1 is 1.43 bits per heavy atom. The topological polar surface area (TPSA) is 75.0 Å². The van der Waals surface area contributed by atoms with Crippen molar-refractivity contribution in [3.05, 3.63) is 59.2 Å². The second-order valence-electron chi connectivity index (χ2n) is 4.19. The van der Waals surface area contributed by atoms with Gasteiger partial charge >= 0.3 is 5.97 Å². The van der Waals surface area contributed by atoms with Crippen molar-refractivity contribution < 1.29 is 13.9 Å². The Hall–Kier alpha value is -2.94. The molecule has 0 unspecified atom stereocenters. The van der Waals surface area contributed by atoms with E-state index >= 15 is 0 Å². The number of carbonyl (C=O) groups excluding carboxylic acids is 1. The number of benzene rings is 1. The van der Waals surface area contributed by atoms with Crippen LogP contribution in [0, 0.1) is 17.1 Å². The van der Waals surface area contributed by atoms with Crippen molar-refractivity contribution in [3.8, 4) is 6.07 Å². The van der Waals surface area contributed by atoms with Crippen molar-refractivity contribution in [3.63, 3.8) is 0 Å². The van der Waals surface area contributed by atoms with Gasteiger partial charge in [0.05, 0.1) is 18.7 Å². The molecule has 5 nitrogen and oxygen atoms in total. The summed E-state index contributed by atoms with van der Waals surface area (Å²) in [5.41, 5.74) is 1.48. The summed E-state index contributed by atoms with van der Waals surface area (Å²) in [7, 11) is 1.27. The standard InChI is InChI=1S/C15H12FN3O2/c1-21-15(20)14-7-12(4-5-18-14)19-9-11-3-2-10(8-17)6-13(11)16/h2-7H,9H2,1H3,(H,18,19). The van der Waals surface area contributed by atoms with E-state index in [0.29, 0.717) is 11.3 Å². The van der Waals surface area contributed by atoms with Gasteiger partial charge in [0.2, 0.25) is 0 Å². The first kappa shape index (κ1) is 14.5. The fraction of sp³-hybridized carbons (Fsp3) is 0.133. The van der Waals surface area contributed by atoms with Crippen LogP contribution < -0.4 is 5.32 Å². The molecule has 0 aliphatic heterocycles. The number of aromatic nitrogens is 1. The van der Waals surface area contributed by atoms with Crippen molar-refractivity contribution in [2.24, 2.45) is 0 Å². The summed E-state index contributed by atoms with van der Waals surface area (Å²) in [5, 5.41) is 11.7. The van der Waals surface area contributed by atoms with Gasteiger partial charge < -0.3 is 10.1 Å². The molecule has 0 saturated heterocycles. The highest BCUT2D eigenvalue weighted by Crippen LogP contribution is 2.14. The number of hydrogen-bond donors (Lipinski definition) is 1. The third-order valence-corrected chi connectivity index (χ3v) is 2.82. The van der Waals surface area contributed by atoms with Gasteiger partial charge in [0.1, 0.15) is 11.5 Å². The summed E-state index contributed by atoms with van der Waals surface area (Å²) in [6.45, 7) is 0.224. The number of rotatable bonds is 4. The third kappa shape index (κ3) is 3.54. The number of pyridine rings is 1. The molecule has 0 aliphatic rings. The van der Waals surface area contributed by atoms with Crippen molar-refractivity contribution >= 4 is 11.7 Å². The van der Waals surface area contributed by atoms with E-state index in [1.54, 1.807) is 18.2 Å². The second-order valence-corrected chi connectivity index (χ2v) is 4.19. The average Bonchev–Trinajstić information content (AvgIpc) is 2.53. The molecule has 0 aliphatic carbocycles. The summed E-state index contributed by atoms with van der Waals surface area (Å²) in [5.74, 6) is -0.994. The maximum absolute atomic E-state index is 13.7. The molecule has 6 heteroatoms. The van der Waals surface area contributed by atoms with Gasteiger partial charge in [0.15, 0.2) is 0 Å². The normalized spacial score (nSPS) is 9.76. The van der Waals surface area contributed by atoms with Crippen LogP contribution >= 0.6 is 0 Å².